The van der Waals surface area contributed by atoms with Gasteiger partial charge < -0.3 is 15.6 Å². The van der Waals surface area contributed by atoms with E-state index in [2.05, 4.69) is 20.9 Å². The molecule has 0 aromatic heterocycles. The number of carboxylic acids is 1. The third-order valence-electron chi connectivity index (χ3n) is 2.24. The molecule has 0 radical (unpaired) electrons. The molecular weight excluding hydrogens is 348 g/mol. The Morgan fingerprint density at radius 1 is 1.55 bits per heavy atom. The standard InChI is InChI=1S/C12H9BrN2O4S/c13-7-3-6(1-2-8(7)19-5-10(16)17)4-9-11(18)15-12(14)20-9/h1-4H,5H2,(H,16,17)(H2,14,15,18). The molecule has 1 aromatic rings. The maximum absolute atomic E-state index is 11.5. The lowest BCUT2D eigenvalue weighted by Gasteiger charge is -2.06. The van der Waals surface area contributed by atoms with Crippen LogP contribution >= 0.6 is 27.7 Å². The maximum Gasteiger partial charge on any atom is 0.341 e. The number of carboxylic acid groups (broad SMARTS) is 1. The molecule has 1 aromatic carbocycles. The number of halogens is 1. The number of carbonyl (C=O) groups is 2. The Bertz CT molecular complexity index is 642. The third-order valence-corrected chi connectivity index (χ3v) is 3.67. The molecule has 8 heteroatoms. The van der Waals surface area contributed by atoms with Crippen molar-refractivity contribution in [3.8, 4) is 5.75 Å². The lowest BCUT2D eigenvalue weighted by molar-refractivity contribution is -0.139. The molecule has 0 saturated heterocycles. The minimum Gasteiger partial charge on any atom is -0.481 e. The Morgan fingerprint density at radius 2 is 2.30 bits per heavy atom. The van der Waals surface area contributed by atoms with Gasteiger partial charge in [-0.15, -0.1) is 0 Å². The van der Waals surface area contributed by atoms with Crippen molar-refractivity contribution in [2.45, 2.75) is 0 Å². The summed E-state index contributed by atoms with van der Waals surface area (Å²) in [5, 5.41) is 8.77. The second-order valence-corrected chi connectivity index (χ2v) is 5.65. The van der Waals surface area contributed by atoms with Crippen molar-refractivity contribution in [3.63, 3.8) is 0 Å². The fraction of sp³-hybridized carbons (Fsp3) is 0.0833. The molecule has 0 unspecified atom stereocenters. The van der Waals surface area contributed by atoms with E-state index in [-0.39, 0.29) is 11.1 Å². The summed E-state index contributed by atoms with van der Waals surface area (Å²) in [7, 11) is 0. The van der Waals surface area contributed by atoms with E-state index in [1.165, 1.54) is 0 Å². The Morgan fingerprint density at radius 3 is 2.85 bits per heavy atom. The first-order valence-electron chi connectivity index (χ1n) is 5.38. The zero-order valence-corrected chi connectivity index (χ0v) is 12.4. The zero-order valence-electron chi connectivity index (χ0n) is 10.00. The molecule has 3 N–H and O–H groups in total. The van der Waals surface area contributed by atoms with Gasteiger partial charge in [0.15, 0.2) is 11.8 Å². The number of thioether (sulfide) groups is 1. The van der Waals surface area contributed by atoms with Crippen molar-refractivity contribution in [2.24, 2.45) is 10.7 Å². The van der Waals surface area contributed by atoms with Crippen LogP contribution in [0.25, 0.3) is 6.08 Å². The lowest BCUT2D eigenvalue weighted by atomic mass is 10.2. The summed E-state index contributed by atoms with van der Waals surface area (Å²) < 4.78 is 5.67. The van der Waals surface area contributed by atoms with Crippen LogP contribution in [0.15, 0.2) is 32.6 Å². The summed E-state index contributed by atoms with van der Waals surface area (Å²) in [6.07, 6.45) is 1.65. The zero-order chi connectivity index (χ0) is 14.7. The number of amides is 1. The molecule has 0 aliphatic carbocycles. The maximum atomic E-state index is 11.5. The van der Waals surface area contributed by atoms with Crippen molar-refractivity contribution in [2.75, 3.05) is 6.61 Å². The average Bonchev–Trinajstić information content (AvgIpc) is 2.66. The van der Waals surface area contributed by atoms with Gasteiger partial charge in [0.1, 0.15) is 5.75 Å². The minimum atomic E-state index is -1.05. The van der Waals surface area contributed by atoms with Crippen molar-refractivity contribution < 1.29 is 19.4 Å². The van der Waals surface area contributed by atoms with Crippen LogP contribution in [0.4, 0.5) is 0 Å². The molecule has 20 heavy (non-hydrogen) atoms. The fourth-order valence-corrected chi connectivity index (χ4v) is 2.63. The number of carbonyl (C=O) groups excluding carboxylic acids is 1. The number of aliphatic carboxylic acids is 1. The fourth-order valence-electron chi connectivity index (χ4n) is 1.44. The predicted octanol–water partition coefficient (Wildman–Crippen LogP) is 1.84. The van der Waals surface area contributed by atoms with Gasteiger partial charge in [0.05, 0.1) is 9.38 Å². The molecule has 2 rings (SSSR count). The molecule has 0 saturated carbocycles. The molecule has 0 fully saturated rings. The van der Waals surface area contributed by atoms with Gasteiger partial charge in [0, 0.05) is 0 Å². The second-order valence-electron chi connectivity index (χ2n) is 3.74. The summed E-state index contributed by atoms with van der Waals surface area (Å²) in [5.41, 5.74) is 6.21. The summed E-state index contributed by atoms with van der Waals surface area (Å²) >= 11 is 4.39. The van der Waals surface area contributed by atoms with Crippen LogP contribution in [0, 0.1) is 0 Å². The van der Waals surface area contributed by atoms with Crippen LogP contribution in [-0.4, -0.2) is 28.8 Å². The number of benzene rings is 1. The highest BCUT2D eigenvalue weighted by Crippen LogP contribution is 2.30. The van der Waals surface area contributed by atoms with Crippen LogP contribution in [0.1, 0.15) is 5.56 Å². The minimum absolute atomic E-state index is 0.224. The number of hydrogen-bond acceptors (Lipinski definition) is 5. The molecule has 0 bridgehead atoms. The van der Waals surface area contributed by atoms with E-state index < -0.39 is 12.6 Å². The van der Waals surface area contributed by atoms with Gasteiger partial charge >= 0.3 is 5.97 Å². The van der Waals surface area contributed by atoms with E-state index in [1.807, 2.05) is 0 Å². The Balaban J connectivity index is 2.16. The SMILES string of the molecule is NC1=NC(=O)C(=Cc2ccc(OCC(=O)O)c(Br)c2)S1. The highest BCUT2D eigenvalue weighted by molar-refractivity contribution is 9.10. The molecule has 1 amide bonds. The highest BCUT2D eigenvalue weighted by atomic mass is 79.9. The van der Waals surface area contributed by atoms with Gasteiger partial charge in [-0.3, -0.25) is 4.79 Å². The number of aliphatic imine (C=N–C) groups is 1. The highest BCUT2D eigenvalue weighted by Gasteiger charge is 2.19. The molecule has 6 nitrogen and oxygen atoms in total. The normalized spacial score (nSPS) is 16.4. The Kier molecular flexibility index (Phi) is 4.46. The van der Waals surface area contributed by atoms with Crippen molar-refractivity contribution in [3.05, 3.63) is 33.1 Å². The van der Waals surface area contributed by atoms with E-state index in [0.29, 0.717) is 15.1 Å². The quantitative estimate of drug-likeness (QED) is 0.798. The molecule has 104 valence electrons. The van der Waals surface area contributed by atoms with Crippen LogP contribution in [0.3, 0.4) is 0 Å². The van der Waals surface area contributed by atoms with Gasteiger partial charge in [0.2, 0.25) is 0 Å². The monoisotopic (exact) mass is 356 g/mol. The van der Waals surface area contributed by atoms with E-state index in [1.54, 1.807) is 24.3 Å². The summed E-state index contributed by atoms with van der Waals surface area (Å²) in [4.78, 5) is 25.9. The van der Waals surface area contributed by atoms with E-state index in [9.17, 15) is 9.59 Å². The van der Waals surface area contributed by atoms with Crippen LogP contribution in [-0.2, 0) is 9.59 Å². The van der Waals surface area contributed by atoms with Gasteiger partial charge in [-0.1, -0.05) is 6.07 Å². The Labute approximate surface area is 126 Å². The number of ether oxygens (including phenoxy) is 1. The topological polar surface area (TPSA) is 102 Å². The van der Waals surface area contributed by atoms with Gasteiger partial charge in [-0.05, 0) is 51.5 Å². The van der Waals surface area contributed by atoms with Crippen molar-refractivity contribution in [1.29, 1.82) is 0 Å². The molecule has 0 spiro atoms. The van der Waals surface area contributed by atoms with Crippen molar-refractivity contribution >= 4 is 50.8 Å². The van der Waals surface area contributed by atoms with Crippen LogP contribution in [0.2, 0.25) is 0 Å². The molecule has 0 atom stereocenters. The predicted molar refractivity (Wildman–Crippen MR) is 79.5 cm³/mol. The summed E-state index contributed by atoms with van der Waals surface area (Å²) in [6, 6.07) is 5.04. The largest absolute Gasteiger partial charge is 0.481 e. The lowest BCUT2D eigenvalue weighted by Crippen LogP contribution is -2.09. The second kappa shape index (κ2) is 6.10. The number of nitrogens with zero attached hydrogens (tertiary/aromatic N) is 1. The first-order valence-corrected chi connectivity index (χ1v) is 6.99. The first-order chi connectivity index (χ1) is 9.45. The molecular formula is C12H9BrN2O4S. The third kappa shape index (κ3) is 3.61. The van der Waals surface area contributed by atoms with E-state index >= 15 is 0 Å². The number of rotatable bonds is 4. The number of hydrogen-bond donors (Lipinski definition) is 2. The summed E-state index contributed by atoms with van der Waals surface area (Å²) in [6.45, 7) is -0.419. The van der Waals surface area contributed by atoms with E-state index in [4.69, 9.17) is 15.6 Å². The van der Waals surface area contributed by atoms with E-state index in [0.717, 1.165) is 17.3 Å². The average molecular weight is 357 g/mol. The molecule has 1 heterocycles. The number of amidine groups is 1. The van der Waals surface area contributed by atoms with Gasteiger partial charge in [-0.25, -0.2) is 4.79 Å². The molecule has 1 aliphatic heterocycles. The molecule has 1 aliphatic rings. The van der Waals surface area contributed by atoms with Crippen molar-refractivity contribution in [1.82, 2.24) is 0 Å². The van der Waals surface area contributed by atoms with Crippen LogP contribution in [0.5, 0.6) is 5.75 Å². The van der Waals surface area contributed by atoms with Gasteiger partial charge in [0.25, 0.3) is 5.91 Å². The first kappa shape index (κ1) is 14.6. The van der Waals surface area contributed by atoms with Gasteiger partial charge in [-0.2, -0.15) is 4.99 Å². The Hall–Kier alpha value is -1.80. The number of nitrogens with two attached hydrogens (primary N) is 1. The van der Waals surface area contributed by atoms with Crippen LogP contribution < -0.4 is 10.5 Å². The smallest absolute Gasteiger partial charge is 0.341 e. The summed E-state index contributed by atoms with van der Waals surface area (Å²) in [5.74, 6) is -1.01.